The van der Waals surface area contributed by atoms with Gasteiger partial charge < -0.3 is 19.8 Å². The molecule has 1 aromatic heterocycles. The Bertz CT molecular complexity index is 792. The Morgan fingerprint density at radius 1 is 1.13 bits per heavy atom. The molecule has 1 aliphatic rings. The number of ether oxygens (including phenoxy) is 1. The van der Waals surface area contributed by atoms with E-state index in [9.17, 15) is 13.2 Å². The van der Waals surface area contributed by atoms with Crippen LogP contribution >= 0.6 is 24.0 Å². The van der Waals surface area contributed by atoms with Crippen LogP contribution < -0.4 is 10.6 Å². The van der Waals surface area contributed by atoms with Crippen molar-refractivity contribution >= 4 is 29.9 Å². The van der Waals surface area contributed by atoms with Crippen molar-refractivity contribution in [1.82, 2.24) is 15.5 Å². The van der Waals surface area contributed by atoms with Crippen LogP contribution in [0.25, 0.3) is 0 Å². The monoisotopic (exact) mass is 552 g/mol. The molecule has 0 aliphatic carbocycles. The molecule has 1 unspecified atom stereocenters. The molecule has 0 spiro atoms. The van der Waals surface area contributed by atoms with E-state index in [0.29, 0.717) is 51.9 Å². The van der Waals surface area contributed by atoms with E-state index >= 15 is 0 Å². The van der Waals surface area contributed by atoms with Gasteiger partial charge >= 0.3 is 6.18 Å². The van der Waals surface area contributed by atoms with E-state index in [0.717, 1.165) is 23.5 Å². The minimum Gasteiger partial charge on any atom is -0.467 e. The lowest BCUT2D eigenvalue weighted by atomic mass is 10.0. The van der Waals surface area contributed by atoms with Gasteiger partial charge in [-0.05, 0) is 36.8 Å². The van der Waals surface area contributed by atoms with Crippen molar-refractivity contribution in [1.29, 1.82) is 0 Å². The fraction of sp³-hybridized carbons (Fsp3) is 0.476. The lowest BCUT2D eigenvalue weighted by molar-refractivity contribution is -0.137. The number of benzene rings is 1. The first kappa shape index (κ1) is 25.5. The van der Waals surface area contributed by atoms with E-state index < -0.39 is 11.7 Å². The minimum absolute atomic E-state index is 0. The third kappa shape index (κ3) is 7.69. The molecule has 6 nitrogen and oxygen atoms in total. The largest absolute Gasteiger partial charge is 0.467 e. The van der Waals surface area contributed by atoms with E-state index in [1.165, 1.54) is 0 Å². The zero-order valence-electron chi connectivity index (χ0n) is 17.3. The van der Waals surface area contributed by atoms with E-state index in [1.807, 2.05) is 19.1 Å². The Balaban J connectivity index is 0.00000341. The highest BCUT2D eigenvalue weighted by atomic mass is 127. The van der Waals surface area contributed by atoms with Gasteiger partial charge in [0.05, 0.1) is 31.1 Å². The number of alkyl halides is 3. The maximum Gasteiger partial charge on any atom is 0.416 e. The molecule has 1 atom stereocenters. The third-order valence-electron chi connectivity index (χ3n) is 4.89. The van der Waals surface area contributed by atoms with Gasteiger partial charge in [0.1, 0.15) is 12.3 Å². The van der Waals surface area contributed by atoms with Crippen molar-refractivity contribution in [2.45, 2.75) is 25.7 Å². The molecule has 1 fully saturated rings. The first-order chi connectivity index (χ1) is 14.5. The van der Waals surface area contributed by atoms with Crippen molar-refractivity contribution in [2.24, 2.45) is 4.99 Å². The average Bonchev–Trinajstić information content (AvgIpc) is 3.26. The first-order valence-electron chi connectivity index (χ1n) is 10.0. The van der Waals surface area contributed by atoms with Crippen molar-refractivity contribution in [3.8, 4) is 0 Å². The Morgan fingerprint density at radius 3 is 2.42 bits per heavy atom. The number of furan rings is 1. The summed E-state index contributed by atoms with van der Waals surface area (Å²) >= 11 is 0. The highest BCUT2D eigenvalue weighted by Crippen LogP contribution is 2.31. The van der Waals surface area contributed by atoms with Crippen molar-refractivity contribution < 1.29 is 22.3 Å². The van der Waals surface area contributed by atoms with Crippen molar-refractivity contribution in [2.75, 3.05) is 39.4 Å². The fourth-order valence-electron chi connectivity index (χ4n) is 3.34. The number of guanidine groups is 1. The first-order valence-corrected chi connectivity index (χ1v) is 10.0. The Labute approximate surface area is 197 Å². The topological polar surface area (TPSA) is 62.0 Å². The van der Waals surface area contributed by atoms with Gasteiger partial charge in [-0.1, -0.05) is 12.1 Å². The Kier molecular flexibility index (Phi) is 10.1. The van der Waals surface area contributed by atoms with Gasteiger partial charge in [-0.15, -0.1) is 24.0 Å². The molecule has 1 aromatic carbocycles. The van der Waals surface area contributed by atoms with Crippen LogP contribution in [0.4, 0.5) is 13.2 Å². The highest BCUT2D eigenvalue weighted by Gasteiger charge is 2.31. The summed E-state index contributed by atoms with van der Waals surface area (Å²) in [5.74, 6) is 1.37. The van der Waals surface area contributed by atoms with Crippen LogP contribution in [-0.4, -0.2) is 50.3 Å². The number of hydrogen-bond acceptors (Lipinski definition) is 4. The predicted octanol–water partition coefficient (Wildman–Crippen LogP) is 4.05. The van der Waals surface area contributed by atoms with Gasteiger partial charge in [0.15, 0.2) is 5.96 Å². The second-order valence-electron chi connectivity index (χ2n) is 6.94. The molecule has 0 amide bonds. The predicted molar refractivity (Wildman–Crippen MR) is 124 cm³/mol. The van der Waals surface area contributed by atoms with Gasteiger partial charge in [-0.3, -0.25) is 4.90 Å². The van der Waals surface area contributed by atoms with E-state index in [4.69, 9.17) is 9.15 Å². The molecule has 2 aromatic rings. The molecule has 31 heavy (non-hydrogen) atoms. The van der Waals surface area contributed by atoms with Gasteiger partial charge in [0.25, 0.3) is 0 Å². The smallest absolute Gasteiger partial charge is 0.416 e. The number of nitrogens with zero attached hydrogens (tertiary/aromatic N) is 2. The minimum atomic E-state index is -4.35. The standard InChI is InChI=1S/C21H27F3N4O2.HI/c1-2-25-20(26-14-18-4-3-11-30-18)27-15-19(28-9-12-29-13-10-28)16-5-7-17(8-6-16)21(22,23)24;/h3-8,11,19H,2,9-10,12-15H2,1H3,(H2,25,26,27);1H. The molecular formula is C21H28F3IN4O2. The van der Waals surface area contributed by atoms with Gasteiger partial charge in [0, 0.05) is 26.2 Å². The summed E-state index contributed by atoms with van der Waals surface area (Å²) in [5.41, 5.74) is 0.174. The molecule has 2 heterocycles. The van der Waals surface area contributed by atoms with Crippen LogP contribution in [0.5, 0.6) is 0 Å². The molecule has 0 bridgehead atoms. The number of morpholine rings is 1. The highest BCUT2D eigenvalue weighted by molar-refractivity contribution is 14.0. The Morgan fingerprint density at radius 2 is 1.84 bits per heavy atom. The molecular weight excluding hydrogens is 524 g/mol. The van der Waals surface area contributed by atoms with E-state index in [2.05, 4.69) is 20.5 Å². The number of rotatable bonds is 7. The molecule has 1 saturated heterocycles. The second kappa shape index (κ2) is 12.3. The summed E-state index contributed by atoms with van der Waals surface area (Å²) in [6, 6.07) is 8.94. The summed E-state index contributed by atoms with van der Waals surface area (Å²) in [4.78, 5) is 6.74. The van der Waals surface area contributed by atoms with E-state index in [-0.39, 0.29) is 30.0 Å². The summed E-state index contributed by atoms with van der Waals surface area (Å²) < 4.78 is 49.6. The van der Waals surface area contributed by atoms with E-state index in [1.54, 1.807) is 18.4 Å². The lowest BCUT2D eigenvalue weighted by Gasteiger charge is -2.35. The van der Waals surface area contributed by atoms with Crippen LogP contribution in [0.2, 0.25) is 0 Å². The van der Waals surface area contributed by atoms with Crippen LogP contribution in [0.3, 0.4) is 0 Å². The quantitative estimate of drug-likeness (QED) is 0.309. The lowest BCUT2D eigenvalue weighted by Crippen LogP contribution is -2.46. The molecule has 10 heteroatoms. The number of aliphatic imine (C=N–C) groups is 1. The maximum absolute atomic E-state index is 12.9. The summed E-state index contributed by atoms with van der Waals surface area (Å²) in [5, 5.41) is 6.51. The summed E-state index contributed by atoms with van der Waals surface area (Å²) in [6.07, 6.45) is -2.74. The summed E-state index contributed by atoms with van der Waals surface area (Å²) in [6.45, 7) is 6.18. The van der Waals surface area contributed by atoms with Crippen LogP contribution in [0, 0.1) is 0 Å². The van der Waals surface area contributed by atoms with Crippen LogP contribution in [0.15, 0.2) is 52.1 Å². The molecule has 0 radical (unpaired) electrons. The molecule has 172 valence electrons. The van der Waals surface area contributed by atoms with Crippen LogP contribution in [0.1, 0.15) is 29.9 Å². The average molecular weight is 552 g/mol. The van der Waals surface area contributed by atoms with Crippen LogP contribution in [-0.2, 0) is 17.5 Å². The molecule has 1 aliphatic heterocycles. The zero-order chi connectivity index (χ0) is 21.4. The van der Waals surface area contributed by atoms with Gasteiger partial charge in [-0.25, -0.2) is 4.99 Å². The van der Waals surface area contributed by atoms with Crippen molar-refractivity contribution in [3.63, 3.8) is 0 Å². The third-order valence-corrected chi connectivity index (χ3v) is 4.89. The van der Waals surface area contributed by atoms with Crippen molar-refractivity contribution in [3.05, 3.63) is 59.5 Å². The SMILES string of the molecule is CCNC(=NCc1ccco1)NCC(c1ccc(C(F)(F)F)cc1)N1CCOCC1.I. The summed E-state index contributed by atoms with van der Waals surface area (Å²) in [7, 11) is 0. The number of nitrogens with one attached hydrogen (secondary N) is 2. The molecule has 3 rings (SSSR count). The molecule has 0 saturated carbocycles. The normalized spacial score (nSPS) is 16.5. The number of hydrogen-bond donors (Lipinski definition) is 2. The Hall–Kier alpha value is -1.79. The van der Waals surface area contributed by atoms with Gasteiger partial charge in [-0.2, -0.15) is 13.2 Å². The second-order valence-corrected chi connectivity index (χ2v) is 6.94. The maximum atomic E-state index is 12.9. The number of halogens is 4. The van der Waals surface area contributed by atoms with Gasteiger partial charge in [0.2, 0.25) is 0 Å². The molecule has 2 N–H and O–H groups in total. The fourth-order valence-corrected chi connectivity index (χ4v) is 3.34. The zero-order valence-corrected chi connectivity index (χ0v) is 19.7.